The molecule has 1 fully saturated rings. The Hall–Kier alpha value is -1.70. The van der Waals surface area contributed by atoms with Gasteiger partial charge in [0.2, 0.25) is 0 Å². The number of carbonyl (C=O) groups is 1. The molecule has 7 nitrogen and oxygen atoms in total. The van der Waals surface area contributed by atoms with Crippen molar-refractivity contribution in [1.82, 2.24) is 9.80 Å². The van der Waals surface area contributed by atoms with Crippen molar-refractivity contribution >= 4 is 23.2 Å². The fourth-order valence-corrected chi connectivity index (χ4v) is 3.07. The zero-order chi connectivity index (χ0) is 17.1. The molecule has 0 radical (unpaired) electrons. The largest absolute Gasteiger partial charge is 0.392 e. The molecule has 0 aliphatic carbocycles. The zero-order valence-corrected chi connectivity index (χ0v) is 13.9. The lowest BCUT2D eigenvalue weighted by atomic mass is 10.1. The Bertz CT molecular complexity index is 608. The number of nitro benzene ring substituents is 1. The van der Waals surface area contributed by atoms with Crippen LogP contribution in [0.3, 0.4) is 0 Å². The maximum Gasteiger partial charge on any atom is 0.271 e. The maximum atomic E-state index is 12.6. The molecule has 1 amide bonds. The molecule has 23 heavy (non-hydrogen) atoms. The van der Waals surface area contributed by atoms with Crippen LogP contribution >= 0.6 is 11.6 Å². The topological polar surface area (TPSA) is 86.9 Å². The number of nitrogens with zero attached hydrogens (tertiary/aromatic N) is 3. The maximum absolute atomic E-state index is 12.6. The average molecular weight is 342 g/mol. The van der Waals surface area contributed by atoms with E-state index in [0.717, 1.165) is 0 Å². The number of halogens is 1. The van der Waals surface area contributed by atoms with Crippen molar-refractivity contribution in [3.05, 3.63) is 38.9 Å². The second-order valence-electron chi connectivity index (χ2n) is 5.91. The first-order valence-electron chi connectivity index (χ1n) is 7.44. The van der Waals surface area contributed by atoms with Gasteiger partial charge in [0.15, 0.2) is 0 Å². The number of carbonyl (C=O) groups excluding carboxylic acids is 1. The molecule has 126 valence electrons. The molecular weight excluding hydrogens is 322 g/mol. The lowest BCUT2D eigenvalue weighted by Gasteiger charge is -2.40. The van der Waals surface area contributed by atoms with E-state index in [1.807, 2.05) is 6.92 Å². The molecule has 1 N–H and O–H groups in total. The molecule has 2 rings (SSSR count). The molecule has 0 aromatic heterocycles. The second kappa shape index (κ2) is 7.25. The van der Waals surface area contributed by atoms with Gasteiger partial charge < -0.3 is 10.0 Å². The van der Waals surface area contributed by atoms with E-state index in [1.165, 1.54) is 18.2 Å². The average Bonchev–Trinajstić information content (AvgIpc) is 2.45. The minimum absolute atomic E-state index is 0.0481. The highest BCUT2D eigenvalue weighted by molar-refractivity contribution is 6.31. The van der Waals surface area contributed by atoms with Crippen LogP contribution in [0.15, 0.2) is 18.2 Å². The predicted octanol–water partition coefficient (Wildman–Crippen LogP) is 1.78. The summed E-state index contributed by atoms with van der Waals surface area (Å²) in [5.41, 5.74) is 0.0290. The third kappa shape index (κ3) is 4.40. The Morgan fingerprint density at radius 1 is 1.48 bits per heavy atom. The molecule has 8 heteroatoms. The SMILES string of the molecule is C[C@H](O)CN1CCN(C(=O)c2cc(Cl)cc([N+](=O)[O-])c2)[C@H](C)C1. The highest BCUT2D eigenvalue weighted by Gasteiger charge is 2.29. The van der Waals surface area contributed by atoms with E-state index in [4.69, 9.17) is 11.6 Å². The first-order chi connectivity index (χ1) is 10.8. The quantitative estimate of drug-likeness (QED) is 0.666. The number of β-amino-alcohol motifs (C(OH)–C–C–N with tert-alkyl or cyclic N) is 1. The smallest absolute Gasteiger partial charge is 0.271 e. The Kier molecular flexibility index (Phi) is 5.56. The number of piperazine rings is 1. The van der Waals surface area contributed by atoms with E-state index in [1.54, 1.807) is 11.8 Å². The van der Waals surface area contributed by atoms with E-state index in [0.29, 0.717) is 26.2 Å². The summed E-state index contributed by atoms with van der Waals surface area (Å²) < 4.78 is 0. The van der Waals surface area contributed by atoms with Gasteiger partial charge >= 0.3 is 0 Å². The van der Waals surface area contributed by atoms with Crippen molar-refractivity contribution in [2.75, 3.05) is 26.2 Å². The highest BCUT2D eigenvalue weighted by atomic mass is 35.5. The Morgan fingerprint density at radius 3 is 2.74 bits per heavy atom. The molecule has 1 aliphatic heterocycles. The third-order valence-corrected chi connectivity index (χ3v) is 4.05. The zero-order valence-electron chi connectivity index (χ0n) is 13.1. The van der Waals surface area contributed by atoms with Gasteiger partial charge in [-0.1, -0.05) is 11.6 Å². The summed E-state index contributed by atoms with van der Waals surface area (Å²) in [6.45, 7) is 6.03. The van der Waals surface area contributed by atoms with Crippen LogP contribution in [0.5, 0.6) is 0 Å². The first-order valence-corrected chi connectivity index (χ1v) is 7.82. The van der Waals surface area contributed by atoms with E-state index >= 15 is 0 Å². The number of rotatable bonds is 4. The molecule has 0 spiro atoms. The number of aliphatic hydroxyl groups is 1. The summed E-state index contributed by atoms with van der Waals surface area (Å²) in [5.74, 6) is -0.264. The van der Waals surface area contributed by atoms with Gasteiger partial charge in [-0.2, -0.15) is 0 Å². The summed E-state index contributed by atoms with van der Waals surface area (Å²) in [6.07, 6.45) is -0.417. The molecule has 0 saturated carbocycles. The number of nitro groups is 1. The number of amides is 1. The molecule has 0 unspecified atom stereocenters. The van der Waals surface area contributed by atoms with Gasteiger partial charge in [0.25, 0.3) is 11.6 Å². The van der Waals surface area contributed by atoms with Crippen LogP contribution in [-0.2, 0) is 0 Å². The highest BCUT2D eigenvalue weighted by Crippen LogP contribution is 2.23. The van der Waals surface area contributed by atoms with Gasteiger partial charge in [0.1, 0.15) is 0 Å². The van der Waals surface area contributed by atoms with Crippen LogP contribution in [0.25, 0.3) is 0 Å². The lowest BCUT2D eigenvalue weighted by Crippen LogP contribution is -2.55. The number of non-ortho nitro benzene ring substituents is 1. The Balaban J connectivity index is 2.14. The monoisotopic (exact) mass is 341 g/mol. The van der Waals surface area contributed by atoms with E-state index < -0.39 is 11.0 Å². The van der Waals surface area contributed by atoms with Gasteiger partial charge in [0.05, 0.1) is 11.0 Å². The van der Waals surface area contributed by atoms with Gasteiger partial charge in [-0.05, 0) is 19.9 Å². The lowest BCUT2D eigenvalue weighted by molar-refractivity contribution is -0.384. The van der Waals surface area contributed by atoms with Crippen LogP contribution in [0.2, 0.25) is 5.02 Å². The summed E-state index contributed by atoms with van der Waals surface area (Å²) in [5, 5.41) is 20.5. The summed E-state index contributed by atoms with van der Waals surface area (Å²) in [4.78, 5) is 26.8. The van der Waals surface area contributed by atoms with Crippen LogP contribution in [-0.4, -0.2) is 64.1 Å². The van der Waals surface area contributed by atoms with Crippen molar-refractivity contribution in [2.45, 2.75) is 26.0 Å². The van der Waals surface area contributed by atoms with Crippen LogP contribution in [0, 0.1) is 10.1 Å². The molecule has 1 aliphatic rings. The molecule has 1 aromatic rings. The first kappa shape index (κ1) is 17.7. The number of hydrogen-bond donors (Lipinski definition) is 1. The van der Waals surface area contributed by atoms with Crippen LogP contribution in [0.1, 0.15) is 24.2 Å². The van der Waals surface area contributed by atoms with E-state index in [9.17, 15) is 20.0 Å². The number of aliphatic hydroxyl groups excluding tert-OH is 1. The minimum atomic E-state index is -0.563. The van der Waals surface area contributed by atoms with Crippen LogP contribution < -0.4 is 0 Å². The third-order valence-electron chi connectivity index (χ3n) is 3.84. The Morgan fingerprint density at radius 2 is 2.17 bits per heavy atom. The number of benzene rings is 1. The minimum Gasteiger partial charge on any atom is -0.392 e. The van der Waals surface area contributed by atoms with Crippen molar-refractivity contribution in [3.63, 3.8) is 0 Å². The van der Waals surface area contributed by atoms with Crippen molar-refractivity contribution in [2.24, 2.45) is 0 Å². The van der Waals surface area contributed by atoms with E-state index in [2.05, 4.69) is 4.90 Å². The predicted molar refractivity (Wildman–Crippen MR) is 86.7 cm³/mol. The van der Waals surface area contributed by atoms with Crippen molar-refractivity contribution in [1.29, 1.82) is 0 Å². The number of hydrogen-bond acceptors (Lipinski definition) is 5. The summed E-state index contributed by atoms with van der Waals surface area (Å²) in [7, 11) is 0. The van der Waals surface area contributed by atoms with Crippen molar-refractivity contribution in [3.8, 4) is 0 Å². The summed E-state index contributed by atoms with van der Waals surface area (Å²) >= 11 is 5.88. The van der Waals surface area contributed by atoms with Gasteiger partial charge in [-0.25, -0.2) is 0 Å². The molecular formula is C15H20ClN3O4. The molecule has 0 bridgehead atoms. The normalized spacial score (nSPS) is 20.3. The molecule has 1 heterocycles. The molecule has 2 atom stereocenters. The van der Waals surface area contributed by atoms with E-state index in [-0.39, 0.29) is 28.2 Å². The fourth-order valence-electron chi connectivity index (χ4n) is 2.84. The van der Waals surface area contributed by atoms with Gasteiger partial charge in [-0.15, -0.1) is 0 Å². The van der Waals surface area contributed by atoms with Crippen LogP contribution in [0.4, 0.5) is 5.69 Å². The van der Waals surface area contributed by atoms with Crippen molar-refractivity contribution < 1.29 is 14.8 Å². The van der Waals surface area contributed by atoms with Gasteiger partial charge in [-0.3, -0.25) is 19.8 Å². The summed E-state index contributed by atoms with van der Waals surface area (Å²) in [6, 6.07) is 3.88. The molecule has 1 aromatic carbocycles. The van der Waals surface area contributed by atoms with Gasteiger partial charge in [0, 0.05) is 54.9 Å². The Labute approximate surface area is 139 Å². The fraction of sp³-hybridized carbons (Fsp3) is 0.533. The second-order valence-corrected chi connectivity index (χ2v) is 6.35. The standard InChI is InChI=1S/C15H20ClN3O4/c1-10-8-17(9-11(2)20)3-4-18(10)15(21)12-5-13(16)7-14(6-12)19(22)23/h5-7,10-11,20H,3-4,8-9H2,1-2H3/t10-,11+/m1/s1. The molecule has 1 saturated heterocycles.